The summed E-state index contributed by atoms with van der Waals surface area (Å²) in [6.45, 7) is 3.59. The van der Waals surface area contributed by atoms with Gasteiger partial charge in [0.2, 0.25) is 10.0 Å². The second-order valence-corrected chi connectivity index (χ2v) is 5.21. The molecule has 0 saturated carbocycles. The Bertz CT molecular complexity index is 505. The van der Waals surface area contributed by atoms with E-state index in [0.29, 0.717) is 5.56 Å². The van der Waals surface area contributed by atoms with Gasteiger partial charge in [0, 0.05) is 6.54 Å². The summed E-state index contributed by atoms with van der Waals surface area (Å²) >= 11 is 0. The number of carboxylic acids is 1. The fourth-order valence-corrected chi connectivity index (χ4v) is 2.31. The van der Waals surface area contributed by atoms with Crippen molar-refractivity contribution in [2.45, 2.75) is 5.75 Å². The summed E-state index contributed by atoms with van der Waals surface area (Å²) in [7, 11) is -3.40. The number of hydrogen-bond donors (Lipinski definition) is 2. The summed E-state index contributed by atoms with van der Waals surface area (Å²) in [4.78, 5) is 10.6. The molecule has 0 amide bonds. The molecule has 92 valence electrons. The Balaban J connectivity index is 2.75. The van der Waals surface area contributed by atoms with Crippen molar-refractivity contribution in [3.05, 3.63) is 48.0 Å². The van der Waals surface area contributed by atoms with Crippen LogP contribution in [0.15, 0.2) is 36.9 Å². The van der Waals surface area contributed by atoms with Gasteiger partial charge in [0.15, 0.2) is 0 Å². The lowest BCUT2D eigenvalue weighted by molar-refractivity contribution is 0.0697. The fourth-order valence-electron chi connectivity index (χ4n) is 1.20. The van der Waals surface area contributed by atoms with Gasteiger partial charge in [-0.25, -0.2) is 17.9 Å². The maximum atomic E-state index is 11.5. The molecule has 6 heteroatoms. The molecule has 1 rings (SSSR count). The highest BCUT2D eigenvalue weighted by Crippen LogP contribution is 2.07. The number of sulfonamides is 1. The van der Waals surface area contributed by atoms with E-state index in [-0.39, 0.29) is 17.9 Å². The molecule has 0 saturated heterocycles. The van der Waals surface area contributed by atoms with Gasteiger partial charge in [0.25, 0.3) is 0 Å². The fraction of sp³-hybridized carbons (Fsp3) is 0.182. The number of rotatable bonds is 6. The van der Waals surface area contributed by atoms with Crippen LogP contribution in [-0.4, -0.2) is 26.0 Å². The first kappa shape index (κ1) is 13.4. The summed E-state index contributed by atoms with van der Waals surface area (Å²) in [5.74, 6) is -1.22. The molecule has 1 aromatic rings. The Morgan fingerprint density at radius 2 is 1.94 bits per heavy atom. The molecular weight excluding hydrogens is 242 g/mol. The van der Waals surface area contributed by atoms with E-state index in [4.69, 9.17) is 5.11 Å². The van der Waals surface area contributed by atoms with Crippen molar-refractivity contribution >= 4 is 16.0 Å². The highest BCUT2D eigenvalue weighted by atomic mass is 32.2. The van der Waals surface area contributed by atoms with Crippen molar-refractivity contribution in [1.82, 2.24) is 4.72 Å². The average Bonchev–Trinajstić information content (AvgIpc) is 2.26. The SMILES string of the molecule is C=CCNS(=O)(=O)Cc1ccc(C(=O)O)cc1. The van der Waals surface area contributed by atoms with Gasteiger partial charge in [-0.1, -0.05) is 18.2 Å². The Kier molecular flexibility index (Phi) is 4.42. The summed E-state index contributed by atoms with van der Waals surface area (Å²) in [6.07, 6.45) is 1.45. The number of aromatic carboxylic acids is 1. The molecule has 0 atom stereocenters. The first-order chi connectivity index (χ1) is 7.94. The lowest BCUT2D eigenvalue weighted by Crippen LogP contribution is -2.25. The molecule has 0 aromatic heterocycles. The third-order valence-electron chi connectivity index (χ3n) is 2.01. The van der Waals surface area contributed by atoms with Crippen LogP contribution in [0.2, 0.25) is 0 Å². The molecular formula is C11H13NO4S. The van der Waals surface area contributed by atoms with Gasteiger partial charge < -0.3 is 5.11 Å². The molecule has 2 N–H and O–H groups in total. The molecule has 0 bridgehead atoms. The molecule has 0 radical (unpaired) electrons. The topological polar surface area (TPSA) is 83.5 Å². The second-order valence-electron chi connectivity index (χ2n) is 3.40. The van der Waals surface area contributed by atoms with Crippen LogP contribution in [0.4, 0.5) is 0 Å². The molecule has 0 unspecified atom stereocenters. The normalized spacial score (nSPS) is 11.1. The second kappa shape index (κ2) is 5.60. The predicted molar refractivity (Wildman–Crippen MR) is 64.2 cm³/mol. The minimum atomic E-state index is -3.40. The standard InChI is InChI=1S/C11H13NO4S/c1-2-7-12-17(15,16)8-9-3-5-10(6-4-9)11(13)14/h2-6,12H,1,7-8H2,(H,13,14). The zero-order valence-corrected chi connectivity index (χ0v) is 9.90. The Morgan fingerprint density at radius 3 is 2.41 bits per heavy atom. The zero-order valence-electron chi connectivity index (χ0n) is 9.09. The van der Waals surface area contributed by atoms with Gasteiger partial charge in [0.05, 0.1) is 11.3 Å². The number of hydrogen-bond acceptors (Lipinski definition) is 3. The van der Waals surface area contributed by atoms with Crippen LogP contribution in [0.1, 0.15) is 15.9 Å². The van der Waals surface area contributed by atoms with Crippen LogP contribution in [0.5, 0.6) is 0 Å². The van der Waals surface area contributed by atoms with E-state index >= 15 is 0 Å². The van der Waals surface area contributed by atoms with Gasteiger partial charge in [-0.05, 0) is 17.7 Å². The number of carboxylic acid groups (broad SMARTS) is 1. The quantitative estimate of drug-likeness (QED) is 0.742. The maximum Gasteiger partial charge on any atom is 0.335 e. The summed E-state index contributed by atoms with van der Waals surface area (Å²) < 4.78 is 25.3. The van der Waals surface area contributed by atoms with Crippen molar-refractivity contribution in [3.8, 4) is 0 Å². The van der Waals surface area contributed by atoms with Crippen LogP contribution < -0.4 is 4.72 Å². The lowest BCUT2D eigenvalue weighted by Gasteiger charge is -2.04. The monoisotopic (exact) mass is 255 g/mol. The minimum absolute atomic E-state index is 0.130. The smallest absolute Gasteiger partial charge is 0.335 e. The average molecular weight is 255 g/mol. The van der Waals surface area contributed by atoms with Gasteiger partial charge in [-0.15, -0.1) is 6.58 Å². The van der Waals surface area contributed by atoms with Gasteiger partial charge in [0.1, 0.15) is 0 Å². The predicted octanol–water partition coefficient (Wildman–Crippen LogP) is 0.990. The van der Waals surface area contributed by atoms with Crippen molar-refractivity contribution in [2.75, 3.05) is 6.54 Å². The summed E-state index contributed by atoms with van der Waals surface area (Å²) in [6, 6.07) is 5.72. The molecule has 17 heavy (non-hydrogen) atoms. The first-order valence-electron chi connectivity index (χ1n) is 4.85. The highest BCUT2D eigenvalue weighted by Gasteiger charge is 2.10. The van der Waals surface area contributed by atoms with E-state index in [2.05, 4.69) is 11.3 Å². The van der Waals surface area contributed by atoms with Crippen LogP contribution in [0, 0.1) is 0 Å². The van der Waals surface area contributed by atoms with Gasteiger partial charge >= 0.3 is 5.97 Å². The van der Waals surface area contributed by atoms with E-state index in [1.807, 2.05) is 0 Å². The highest BCUT2D eigenvalue weighted by molar-refractivity contribution is 7.88. The van der Waals surface area contributed by atoms with E-state index in [1.165, 1.54) is 30.3 Å². The number of nitrogens with one attached hydrogen (secondary N) is 1. The zero-order chi connectivity index (χ0) is 12.9. The third kappa shape index (κ3) is 4.38. The Hall–Kier alpha value is -1.66. The molecule has 0 aliphatic heterocycles. The largest absolute Gasteiger partial charge is 0.478 e. The van der Waals surface area contributed by atoms with Crippen LogP contribution >= 0.6 is 0 Å². The van der Waals surface area contributed by atoms with E-state index in [0.717, 1.165) is 0 Å². The first-order valence-corrected chi connectivity index (χ1v) is 6.50. The molecule has 0 fully saturated rings. The molecule has 0 spiro atoms. The minimum Gasteiger partial charge on any atom is -0.478 e. The maximum absolute atomic E-state index is 11.5. The van der Waals surface area contributed by atoms with Crippen molar-refractivity contribution < 1.29 is 18.3 Å². The van der Waals surface area contributed by atoms with Gasteiger partial charge in [-0.2, -0.15) is 0 Å². The van der Waals surface area contributed by atoms with Crippen molar-refractivity contribution in [1.29, 1.82) is 0 Å². The van der Waals surface area contributed by atoms with E-state index < -0.39 is 16.0 Å². The lowest BCUT2D eigenvalue weighted by atomic mass is 10.1. The van der Waals surface area contributed by atoms with Crippen LogP contribution in [-0.2, 0) is 15.8 Å². The third-order valence-corrected chi connectivity index (χ3v) is 3.33. The molecule has 5 nitrogen and oxygen atoms in total. The summed E-state index contributed by atoms with van der Waals surface area (Å²) in [5.41, 5.74) is 0.664. The Morgan fingerprint density at radius 1 is 1.35 bits per heavy atom. The van der Waals surface area contributed by atoms with Gasteiger partial charge in [-0.3, -0.25) is 0 Å². The molecule has 1 aromatic carbocycles. The van der Waals surface area contributed by atoms with Crippen LogP contribution in [0.3, 0.4) is 0 Å². The summed E-state index contributed by atoms with van der Waals surface area (Å²) in [5, 5.41) is 8.68. The van der Waals surface area contributed by atoms with Crippen molar-refractivity contribution in [3.63, 3.8) is 0 Å². The van der Waals surface area contributed by atoms with Crippen LogP contribution in [0.25, 0.3) is 0 Å². The van der Waals surface area contributed by atoms with Crippen molar-refractivity contribution in [2.24, 2.45) is 0 Å². The molecule has 0 aliphatic rings. The number of benzene rings is 1. The molecule has 0 aliphatic carbocycles. The van der Waals surface area contributed by atoms with E-state index in [1.54, 1.807) is 0 Å². The Labute approximate surface area is 99.8 Å². The number of carbonyl (C=O) groups is 1. The van der Waals surface area contributed by atoms with E-state index in [9.17, 15) is 13.2 Å². The molecule has 0 heterocycles.